The Balaban J connectivity index is 2.86. The number of aromatic nitrogens is 2. The minimum absolute atomic E-state index is 0.0111. The van der Waals surface area contributed by atoms with Crippen LogP contribution in [0.4, 0.5) is 13.2 Å². The molecular formula is C12H7F3N2O4S. The highest BCUT2D eigenvalue weighted by Crippen LogP contribution is 2.29. The number of carbonyl (C=O) groups excluding carboxylic acids is 1. The number of carbonyl (C=O) groups is 1. The van der Waals surface area contributed by atoms with E-state index in [9.17, 15) is 26.4 Å². The van der Waals surface area contributed by atoms with Crippen LogP contribution in [-0.2, 0) is 14.8 Å². The van der Waals surface area contributed by atoms with Crippen molar-refractivity contribution in [1.29, 1.82) is 0 Å². The van der Waals surface area contributed by atoms with E-state index in [1.807, 2.05) is 5.92 Å². The van der Waals surface area contributed by atoms with E-state index in [4.69, 9.17) is 6.42 Å². The fourth-order valence-electron chi connectivity index (χ4n) is 1.72. The molecular weight excluding hydrogens is 325 g/mol. The Kier molecular flexibility index (Phi) is 3.62. The highest BCUT2D eigenvalue weighted by atomic mass is 32.2. The third-order valence-electron chi connectivity index (χ3n) is 2.73. The van der Waals surface area contributed by atoms with E-state index in [1.165, 1.54) is 12.1 Å². The van der Waals surface area contributed by atoms with Crippen molar-refractivity contribution < 1.29 is 31.1 Å². The molecule has 0 aliphatic heterocycles. The molecule has 0 radical (unpaired) electrons. The number of alkyl halides is 3. The molecule has 2 rings (SSSR count). The molecule has 0 saturated carbocycles. The van der Waals surface area contributed by atoms with Crippen molar-refractivity contribution >= 4 is 26.9 Å². The summed E-state index contributed by atoms with van der Waals surface area (Å²) >= 11 is 0. The molecule has 0 amide bonds. The number of hydrogen-bond acceptors (Lipinski definition) is 5. The quantitative estimate of drug-likeness (QED) is 0.615. The van der Waals surface area contributed by atoms with Crippen molar-refractivity contribution in [2.24, 2.45) is 0 Å². The van der Waals surface area contributed by atoms with Crippen molar-refractivity contribution in [3.63, 3.8) is 0 Å². The van der Waals surface area contributed by atoms with Gasteiger partial charge in [-0.05, 0) is 24.1 Å². The SMILES string of the molecule is C#Cc1nn(S(=O)(=O)C(F)(F)F)c2cc(C(=O)OC)ccc12. The lowest BCUT2D eigenvalue weighted by Crippen LogP contribution is -2.30. The molecule has 0 unspecified atom stereocenters. The van der Waals surface area contributed by atoms with E-state index in [1.54, 1.807) is 0 Å². The van der Waals surface area contributed by atoms with Crippen LogP contribution in [0.5, 0.6) is 0 Å². The van der Waals surface area contributed by atoms with Gasteiger partial charge in [-0.1, -0.05) is 0 Å². The summed E-state index contributed by atoms with van der Waals surface area (Å²) in [5.41, 5.74) is -6.47. The maximum Gasteiger partial charge on any atom is 0.518 e. The lowest BCUT2D eigenvalue weighted by Gasteiger charge is -2.08. The Morgan fingerprint density at radius 1 is 1.41 bits per heavy atom. The molecule has 116 valence electrons. The molecule has 0 fully saturated rings. The minimum atomic E-state index is -5.78. The number of ether oxygens (including phenoxy) is 1. The van der Waals surface area contributed by atoms with Crippen molar-refractivity contribution in [1.82, 2.24) is 9.19 Å². The second-order valence-electron chi connectivity index (χ2n) is 4.01. The van der Waals surface area contributed by atoms with Gasteiger partial charge in [0.15, 0.2) is 0 Å². The Bertz CT molecular complexity index is 907. The van der Waals surface area contributed by atoms with Crippen molar-refractivity contribution in [2.75, 3.05) is 7.11 Å². The lowest BCUT2D eigenvalue weighted by atomic mass is 10.1. The summed E-state index contributed by atoms with van der Waals surface area (Å²) < 4.78 is 65.4. The fraction of sp³-hybridized carbons (Fsp3) is 0.167. The van der Waals surface area contributed by atoms with E-state index in [-0.39, 0.29) is 20.7 Å². The topological polar surface area (TPSA) is 78.3 Å². The average Bonchev–Trinajstić information content (AvgIpc) is 2.83. The normalized spacial score (nSPS) is 12.1. The summed E-state index contributed by atoms with van der Waals surface area (Å²) in [4.78, 5) is 11.4. The number of methoxy groups -OCH3 is 1. The van der Waals surface area contributed by atoms with Crippen LogP contribution in [0, 0.1) is 12.3 Å². The summed E-state index contributed by atoms with van der Waals surface area (Å²) in [6.45, 7) is 0. The van der Waals surface area contributed by atoms with Gasteiger partial charge in [0.05, 0.1) is 18.2 Å². The molecule has 1 aromatic carbocycles. The van der Waals surface area contributed by atoms with Gasteiger partial charge in [0.2, 0.25) is 0 Å². The van der Waals surface area contributed by atoms with Crippen LogP contribution in [0.1, 0.15) is 16.1 Å². The first-order chi connectivity index (χ1) is 10.1. The zero-order chi connectivity index (χ0) is 16.7. The van der Waals surface area contributed by atoms with Gasteiger partial charge < -0.3 is 4.74 Å². The fourth-order valence-corrected chi connectivity index (χ4v) is 2.52. The molecule has 10 heteroatoms. The Labute approximate surface area is 122 Å². The van der Waals surface area contributed by atoms with Gasteiger partial charge in [-0.15, -0.1) is 15.6 Å². The molecule has 0 bridgehead atoms. The molecule has 0 saturated heterocycles. The second kappa shape index (κ2) is 5.03. The second-order valence-corrected chi connectivity index (χ2v) is 5.77. The number of hydrogen-bond donors (Lipinski definition) is 0. The van der Waals surface area contributed by atoms with Gasteiger partial charge >= 0.3 is 21.5 Å². The largest absolute Gasteiger partial charge is 0.518 e. The molecule has 0 spiro atoms. The van der Waals surface area contributed by atoms with Gasteiger partial charge in [-0.2, -0.15) is 21.6 Å². The van der Waals surface area contributed by atoms with Crippen LogP contribution < -0.4 is 0 Å². The van der Waals surface area contributed by atoms with Crippen molar-refractivity contribution in [2.45, 2.75) is 5.51 Å². The average molecular weight is 332 g/mol. The molecule has 1 heterocycles. The Morgan fingerprint density at radius 3 is 2.55 bits per heavy atom. The van der Waals surface area contributed by atoms with Crippen LogP contribution >= 0.6 is 0 Å². The van der Waals surface area contributed by atoms with E-state index in [2.05, 4.69) is 9.84 Å². The monoisotopic (exact) mass is 332 g/mol. The Morgan fingerprint density at radius 2 is 2.05 bits per heavy atom. The minimum Gasteiger partial charge on any atom is -0.465 e. The summed E-state index contributed by atoms with van der Waals surface area (Å²) in [6.07, 6.45) is 5.11. The summed E-state index contributed by atoms with van der Waals surface area (Å²) in [6, 6.07) is 3.35. The molecule has 0 atom stereocenters. The maximum atomic E-state index is 12.7. The number of halogens is 3. The summed E-state index contributed by atoms with van der Waals surface area (Å²) in [5.74, 6) is 1.15. The number of rotatable bonds is 2. The molecule has 0 aliphatic carbocycles. The van der Waals surface area contributed by atoms with Crippen LogP contribution in [0.2, 0.25) is 0 Å². The molecule has 22 heavy (non-hydrogen) atoms. The number of terminal acetylenes is 1. The number of fused-ring (bicyclic) bond motifs is 1. The van der Waals surface area contributed by atoms with E-state index in [0.717, 1.165) is 13.2 Å². The maximum absolute atomic E-state index is 12.7. The van der Waals surface area contributed by atoms with Crippen LogP contribution in [0.25, 0.3) is 10.9 Å². The summed E-state index contributed by atoms with van der Waals surface area (Å²) in [7, 11) is -4.71. The summed E-state index contributed by atoms with van der Waals surface area (Å²) in [5, 5.41) is 3.28. The van der Waals surface area contributed by atoms with Crippen molar-refractivity contribution in [3.05, 3.63) is 29.5 Å². The predicted octanol–water partition coefficient (Wildman–Crippen LogP) is 1.50. The van der Waals surface area contributed by atoms with E-state index in [0.29, 0.717) is 0 Å². The van der Waals surface area contributed by atoms with Crippen LogP contribution in [-0.4, -0.2) is 36.2 Å². The first-order valence-corrected chi connectivity index (χ1v) is 6.97. The van der Waals surface area contributed by atoms with Gasteiger partial charge in [0.1, 0.15) is 5.69 Å². The molecule has 1 aromatic heterocycles. The highest BCUT2D eigenvalue weighted by molar-refractivity contribution is 7.90. The molecule has 0 N–H and O–H groups in total. The van der Waals surface area contributed by atoms with E-state index < -0.39 is 27.0 Å². The number of esters is 1. The highest BCUT2D eigenvalue weighted by Gasteiger charge is 2.49. The molecule has 6 nitrogen and oxygen atoms in total. The smallest absolute Gasteiger partial charge is 0.465 e. The number of nitrogens with zero attached hydrogens (tertiary/aromatic N) is 2. The lowest BCUT2D eigenvalue weighted by molar-refractivity contribution is -0.0448. The molecule has 0 aliphatic rings. The standard InChI is InChI=1S/C12H7F3N2O4S/c1-3-9-8-5-4-7(11(18)21-2)6-10(8)17(16-9)22(19,20)12(13,14)15/h1,4-6H,2H3. The van der Waals surface area contributed by atoms with Gasteiger partial charge in [-0.3, -0.25) is 0 Å². The zero-order valence-electron chi connectivity index (χ0n) is 10.9. The molecule has 2 aromatic rings. The van der Waals surface area contributed by atoms with E-state index >= 15 is 0 Å². The Hall–Kier alpha value is -2.54. The first kappa shape index (κ1) is 15.8. The van der Waals surface area contributed by atoms with Gasteiger partial charge in [0, 0.05) is 5.39 Å². The van der Waals surface area contributed by atoms with Crippen LogP contribution in [0.15, 0.2) is 18.2 Å². The number of benzene rings is 1. The van der Waals surface area contributed by atoms with Crippen LogP contribution in [0.3, 0.4) is 0 Å². The first-order valence-electron chi connectivity index (χ1n) is 5.53. The third kappa shape index (κ3) is 2.29. The predicted molar refractivity (Wildman–Crippen MR) is 69.4 cm³/mol. The third-order valence-corrected chi connectivity index (χ3v) is 4.05. The zero-order valence-corrected chi connectivity index (χ0v) is 11.7. The van der Waals surface area contributed by atoms with Gasteiger partial charge in [-0.25, -0.2) is 4.79 Å². The van der Waals surface area contributed by atoms with Crippen molar-refractivity contribution in [3.8, 4) is 12.3 Å². The van der Waals surface area contributed by atoms with Gasteiger partial charge in [0.25, 0.3) is 0 Å².